The Hall–Kier alpha value is -2.34. The molecule has 24 heavy (non-hydrogen) atoms. The number of hydrogen-bond acceptors (Lipinski definition) is 3. The molecule has 126 valence electrons. The van der Waals surface area contributed by atoms with Crippen molar-refractivity contribution in [3.05, 3.63) is 54.1 Å². The Morgan fingerprint density at radius 1 is 1.17 bits per heavy atom. The number of benzene rings is 2. The lowest BCUT2D eigenvalue weighted by Gasteiger charge is -2.21. The molecule has 0 N–H and O–H groups in total. The summed E-state index contributed by atoms with van der Waals surface area (Å²) in [4.78, 5) is 13.7. The summed E-state index contributed by atoms with van der Waals surface area (Å²) in [5, 5.41) is 0. The number of amides is 1. The predicted molar refractivity (Wildman–Crippen MR) is 94.8 cm³/mol. The topological polar surface area (TPSA) is 57.7 Å². The molecule has 1 heterocycles. The fourth-order valence-corrected chi connectivity index (χ4v) is 4.43. The molecule has 0 bridgehead atoms. The summed E-state index contributed by atoms with van der Waals surface area (Å²) in [7, 11) is -2.09. The Bertz CT molecular complexity index is 878. The summed E-state index contributed by atoms with van der Waals surface area (Å²) in [6, 6.07) is 14.0. The van der Waals surface area contributed by atoms with E-state index in [1.807, 2.05) is 13.0 Å². The van der Waals surface area contributed by atoms with Gasteiger partial charge in [0, 0.05) is 25.7 Å². The van der Waals surface area contributed by atoms with E-state index >= 15 is 0 Å². The lowest BCUT2D eigenvalue weighted by Crippen LogP contribution is -2.33. The van der Waals surface area contributed by atoms with Gasteiger partial charge in [-0.05, 0) is 49.2 Å². The number of para-hydroxylation sites is 1. The number of carbonyl (C=O) groups excluding carboxylic acids is 1. The first-order chi connectivity index (χ1) is 11.3. The maximum absolute atomic E-state index is 12.9. The molecule has 0 spiro atoms. The second-order valence-corrected chi connectivity index (χ2v) is 8.01. The Labute approximate surface area is 142 Å². The van der Waals surface area contributed by atoms with E-state index in [1.165, 1.54) is 11.2 Å². The largest absolute Gasteiger partial charge is 0.309 e. The van der Waals surface area contributed by atoms with Crippen LogP contribution in [0.5, 0.6) is 0 Å². The Morgan fingerprint density at radius 2 is 1.83 bits per heavy atom. The van der Waals surface area contributed by atoms with Crippen LogP contribution in [-0.4, -0.2) is 27.4 Å². The van der Waals surface area contributed by atoms with E-state index in [2.05, 4.69) is 0 Å². The second kappa shape index (κ2) is 5.94. The van der Waals surface area contributed by atoms with E-state index in [-0.39, 0.29) is 16.8 Å². The molecular weight excluding hydrogens is 324 g/mol. The summed E-state index contributed by atoms with van der Waals surface area (Å²) in [5.41, 5.74) is 2.30. The van der Waals surface area contributed by atoms with Gasteiger partial charge in [0.1, 0.15) is 0 Å². The molecule has 0 saturated carbocycles. The zero-order valence-corrected chi connectivity index (χ0v) is 14.7. The minimum Gasteiger partial charge on any atom is -0.309 e. The van der Waals surface area contributed by atoms with Gasteiger partial charge in [-0.15, -0.1) is 0 Å². The predicted octanol–water partition coefficient (Wildman–Crippen LogP) is 2.81. The fraction of sp³-hybridized carbons (Fsp3) is 0.278. The maximum atomic E-state index is 12.9. The summed E-state index contributed by atoms with van der Waals surface area (Å²) < 4.78 is 27.0. The number of hydrogen-bond donors (Lipinski definition) is 0. The van der Waals surface area contributed by atoms with Crippen molar-refractivity contribution in [3.63, 3.8) is 0 Å². The number of fused-ring (bicyclic) bond motifs is 1. The van der Waals surface area contributed by atoms with Gasteiger partial charge in [-0.1, -0.05) is 18.2 Å². The van der Waals surface area contributed by atoms with Crippen molar-refractivity contribution < 1.29 is 13.2 Å². The lowest BCUT2D eigenvalue weighted by molar-refractivity contribution is -0.116. The van der Waals surface area contributed by atoms with Gasteiger partial charge in [0.2, 0.25) is 5.91 Å². The Balaban J connectivity index is 2.00. The van der Waals surface area contributed by atoms with Crippen LogP contribution in [0.1, 0.15) is 19.4 Å². The molecule has 1 aliphatic rings. The zero-order valence-electron chi connectivity index (χ0n) is 13.9. The van der Waals surface area contributed by atoms with Gasteiger partial charge in [0.15, 0.2) is 0 Å². The van der Waals surface area contributed by atoms with Gasteiger partial charge in [0.25, 0.3) is 10.0 Å². The van der Waals surface area contributed by atoms with Gasteiger partial charge in [-0.2, -0.15) is 0 Å². The number of anilines is 2. The van der Waals surface area contributed by atoms with E-state index in [0.29, 0.717) is 12.1 Å². The van der Waals surface area contributed by atoms with Crippen molar-refractivity contribution in [2.45, 2.75) is 31.2 Å². The van der Waals surface area contributed by atoms with E-state index < -0.39 is 10.0 Å². The molecule has 2 aromatic rings. The third-order valence-corrected chi connectivity index (χ3v) is 6.17. The molecule has 5 nitrogen and oxygen atoms in total. The molecule has 3 rings (SSSR count). The van der Waals surface area contributed by atoms with Crippen molar-refractivity contribution in [2.75, 3.05) is 16.3 Å². The first-order valence-corrected chi connectivity index (χ1v) is 9.23. The van der Waals surface area contributed by atoms with Gasteiger partial charge < -0.3 is 4.90 Å². The zero-order chi connectivity index (χ0) is 17.5. The molecule has 0 radical (unpaired) electrons. The quantitative estimate of drug-likeness (QED) is 0.860. The minimum absolute atomic E-state index is 0.0294. The van der Waals surface area contributed by atoms with Crippen molar-refractivity contribution in [1.82, 2.24) is 0 Å². The highest BCUT2D eigenvalue weighted by Crippen LogP contribution is 2.34. The van der Waals surface area contributed by atoms with Crippen LogP contribution >= 0.6 is 0 Å². The third kappa shape index (κ3) is 2.67. The first-order valence-electron chi connectivity index (χ1n) is 7.79. The molecule has 2 aromatic carbocycles. The molecule has 0 unspecified atom stereocenters. The molecule has 1 aliphatic heterocycles. The molecule has 1 amide bonds. The molecule has 0 fully saturated rings. The first kappa shape index (κ1) is 16.5. The summed E-state index contributed by atoms with van der Waals surface area (Å²) in [6.45, 7) is 3.49. The fourth-order valence-electron chi connectivity index (χ4n) is 3.18. The second-order valence-electron chi connectivity index (χ2n) is 6.04. The van der Waals surface area contributed by atoms with E-state index in [1.54, 1.807) is 54.4 Å². The van der Waals surface area contributed by atoms with E-state index in [9.17, 15) is 13.2 Å². The lowest BCUT2D eigenvalue weighted by atomic mass is 10.1. The van der Waals surface area contributed by atoms with E-state index in [4.69, 9.17) is 0 Å². The minimum atomic E-state index is -3.64. The van der Waals surface area contributed by atoms with Crippen LogP contribution in [0, 0.1) is 0 Å². The van der Waals surface area contributed by atoms with Crippen molar-refractivity contribution in [1.29, 1.82) is 0 Å². The van der Waals surface area contributed by atoms with Crippen LogP contribution in [0.3, 0.4) is 0 Å². The SMILES string of the molecule is CC(=O)N1c2ccc(S(=O)(=O)N(C)c3ccccc3)cc2C[C@H]1C. The average Bonchev–Trinajstić information content (AvgIpc) is 2.89. The van der Waals surface area contributed by atoms with Crippen LogP contribution in [0.15, 0.2) is 53.4 Å². The Morgan fingerprint density at radius 3 is 2.46 bits per heavy atom. The van der Waals surface area contributed by atoms with Crippen LogP contribution in [-0.2, 0) is 21.2 Å². The van der Waals surface area contributed by atoms with Gasteiger partial charge in [-0.25, -0.2) is 8.42 Å². The summed E-state index contributed by atoms with van der Waals surface area (Å²) >= 11 is 0. The number of sulfonamides is 1. The van der Waals surface area contributed by atoms with Crippen molar-refractivity contribution in [2.24, 2.45) is 0 Å². The van der Waals surface area contributed by atoms with Crippen LogP contribution in [0.2, 0.25) is 0 Å². The normalized spacial score (nSPS) is 16.8. The van der Waals surface area contributed by atoms with Crippen molar-refractivity contribution in [3.8, 4) is 0 Å². The summed E-state index contributed by atoms with van der Waals surface area (Å²) in [6.07, 6.45) is 0.660. The average molecular weight is 344 g/mol. The molecular formula is C18H20N2O3S. The monoisotopic (exact) mass is 344 g/mol. The molecule has 0 aliphatic carbocycles. The highest BCUT2D eigenvalue weighted by Gasteiger charge is 2.31. The third-order valence-electron chi connectivity index (χ3n) is 4.38. The smallest absolute Gasteiger partial charge is 0.264 e. The highest BCUT2D eigenvalue weighted by atomic mass is 32.2. The maximum Gasteiger partial charge on any atom is 0.264 e. The molecule has 0 saturated heterocycles. The molecule has 1 atom stereocenters. The number of rotatable bonds is 3. The van der Waals surface area contributed by atoms with Crippen LogP contribution in [0.25, 0.3) is 0 Å². The van der Waals surface area contributed by atoms with Crippen LogP contribution < -0.4 is 9.21 Å². The molecule has 0 aromatic heterocycles. The number of carbonyl (C=O) groups is 1. The van der Waals surface area contributed by atoms with Crippen molar-refractivity contribution >= 4 is 27.3 Å². The van der Waals surface area contributed by atoms with Gasteiger partial charge in [-0.3, -0.25) is 9.10 Å². The van der Waals surface area contributed by atoms with E-state index in [0.717, 1.165) is 11.3 Å². The number of nitrogens with zero attached hydrogens (tertiary/aromatic N) is 2. The summed E-state index contributed by atoms with van der Waals surface area (Å²) in [5.74, 6) is -0.0294. The standard InChI is InChI=1S/C18H20N2O3S/c1-13-11-15-12-17(9-10-18(15)20(13)14(2)21)24(22,23)19(3)16-7-5-4-6-8-16/h4-10,12-13H,11H2,1-3H3/t13-/m1/s1. The van der Waals surface area contributed by atoms with Gasteiger partial charge >= 0.3 is 0 Å². The molecule has 6 heteroatoms. The van der Waals surface area contributed by atoms with Crippen LogP contribution in [0.4, 0.5) is 11.4 Å². The Kier molecular flexibility index (Phi) is 4.09. The highest BCUT2D eigenvalue weighted by molar-refractivity contribution is 7.92. The van der Waals surface area contributed by atoms with Gasteiger partial charge in [0.05, 0.1) is 10.6 Å².